The Morgan fingerprint density at radius 2 is 2.00 bits per heavy atom. The van der Waals surface area contributed by atoms with Gasteiger partial charge in [0.25, 0.3) is 0 Å². The third-order valence-electron chi connectivity index (χ3n) is 0.966. The van der Waals surface area contributed by atoms with Gasteiger partial charge in [-0.3, -0.25) is 4.79 Å². The third-order valence-corrected chi connectivity index (χ3v) is 0.966. The summed E-state index contributed by atoms with van der Waals surface area (Å²) in [6, 6.07) is 0. The summed E-state index contributed by atoms with van der Waals surface area (Å²) in [6.07, 6.45) is -6.31. The number of aliphatic hydroxyl groups is 2. The van der Waals surface area contributed by atoms with Crippen LogP contribution in [0.5, 0.6) is 0 Å². The van der Waals surface area contributed by atoms with Gasteiger partial charge in [0.15, 0.2) is 0 Å². The van der Waals surface area contributed by atoms with E-state index >= 15 is 0 Å². The Hall–Kier alpha value is -0.820. The van der Waals surface area contributed by atoms with E-state index in [1.54, 1.807) is 0 Å². The first-order valence-corrected chi connectivity index (χ1v) is 3.02. The van der Waals surface area contributed by atoms with Crippen molar-refractivity contribution in [3.63, 3.8) is 0 Å². The molecule has 0 bridgehead atoms. The first kappa shape index (κ1) is 11.2. The van der Waals surface area contributed by atoms with Gasteiger partial charge >= 0.3 is 12.1 Å². The van der Waals surface area contributed by atoms with E-state index in [-0.39, 0.29) is 0 Å². The Labute approximate surface area is 66.0 Å². The third kappa shape index (κ3) is 4.14. The molecule has 0 aliphatic heterocycles. The molecule has 3 N–H and O–H groups in total. The fourth-order valence-electron chi connectivity index (χ4n) is 0.375. The lowest BCUT2D eigenvalue weighted by molar-refractivity contribution is -0.174. The highest BCUT2D eigenvalue weighted by atomic mass is 19.4. The van der Waals surface area contributed by atoms with Gasteiger partial charge in [-0.1, -0.05) is 0 Å². The van der Waals surface area contributed by atoms with Gasteiger partial charge in [-0.25, -0.2) is 0 Å². The fraction of sp³-hybridized carbons (Fsp3) is 0.800. The summed E-state index contributed by atoms with van der Waals surface area (Å²) in [4.78, 5) is 10.1. The predicted molar refractivity (Wildman–Crippen MR) is 32.2 cm³/mol. The molecule has 0 aliphatic rings. The lowest BCUT2D eigenvalue weighted by atomic mass is 10.4. The molecule has 1 amide bonds. The van der Waals surface area contributed by atoms with Crippen molar-refractivity contribution < 1.29 is 28.2 Å². The SMILES string of the molecule is O=C(NCC(O)CO)C(F)(F)F. The Bertz CT molecular complexity index is 159. The molecule has 72 valence electrons. The second-order valence-electron chi connectivity index (χ2n) is 2.04. The van der Waals surface area contributed by atoms with Crippen LogP contribution in [0.2, 0.25) is 0 Å². The Kier molecular flexibility index (Phi) is 3.98. The van der Waals surface area contributed by atoms with Crippen molar-refractivity contribution in [2.75, 3.05) is 13.2 Å². The smallest absolute Gasteiger partial charge is 0.394 e. The maximum absolute atomic E-state index is 11.4. The fourth-order valence-corrected chi connectivity index (χ4v) is 0.375. The largest absolute Gasteiger partial charge is 0.471 e. The molecule has 0 aromatic carbocycles. The van der Waals surface area contributed by atoms with Gasteiger partial charge in [-0.15, -0.1) is 0 Å². The van der Waals surface area contributed by atoms with Crippen molar-refractivity contribution >= 4 is 5.91 Å². The normalized spacial score (nSPS) is 14.1. The number of carbonyl (C=O) groups excluding carboxylic acids is 1. The summed E-state index contributed by atoms with van der Waals surface area (Å²) in [5.41, 5.74) is 0. The lowest BCUT2D eigenvalue weighted by Gasteiger charge is -2.10. The number of alkyl halides is 3. The highest BCUT2D eigenvalue weighted by molar-refractivity contribution is 5.81. The van der Waals surface area contributed by atoms with Gasteiger partial charge in [0.1, 0.15) is 0 Å². The monoisotopic (exact) mass is 187 g/mol. The maximum atomic E-state index is 11.4. The minimum absolute atomic E-state index is 0.616. The molecule has 0 fully saturated rings. The van der Waals surface area contributed by atoms with Crippen LogP contribution in [0.1, 0.15) is 0 Å². The molecule has 0 heterocycles. The Morgan fingerprint density at radius 3 is 2.33 bits per heavy atom. The number of rotatable bonds is 3. The van der Waals surface area contributed by atoms with Gasteiger partial charge in [-0.2, -0.15) is 13.2 Å². The minimum Gasteiger partial charge on any atom is -0.394 e. The molecule has 0 rings (SSSR count). The molecule has 0 saturated heterocycles. The van der Waals surface area contributed by atoms with Crippen LogP contribution in [0.25, 0.3) is 0 Å². The van der Waals surface area contributed by atoms with E-state index in [1.807, 2.05) is 0 Å². The van der Waals surface area contributed by atoms with Crippen molar-refractivity contribution in [1.29, 1.82) is 0 Å². The molecular weight excluding hydrogens is 179 g/mol. The quantitative estimate of drug-likeness (QED) is 0.531. The van der Waals surface area contributed by atoms with Crippen LogP contribution in [-0.2, 0) is 4.79 Å². The van der Waals surface area contributed by atoms with E-state index in [0.29, 0.717) is 0 Å². The van der Waals surface area contributed by atoms with E-state index in [0.717, 1.165) is 0 Å². The second kappa shape index (κ2) is 4.27. The Balaban J connectivity index is 3.73. The van der Waals surface area contributed by atoms with Crippen LogP contribution in [0.3, 0.4) is 0 Å². The highest BCUT2D eigenvalue weighted by Gasteiger charge is 2.38. The summed E-state index contributed by atoms with van der Waals surface area (Å²) in [6.45, 7) is -1.31. The number of nitrogens with one attached hydrogen (secondary N) is 1. The summed E-state index contributed by atoms with van der Waals surface area (Å²) < 4.78 is 34.3. The van der Waals surface area contributed by atoms with Crippen LogP contribution < -0.4 is 5.32 Å². The first-order valence-electron chi connectivity index (χ1n) is 3.02. The molecule has 0 saturated carbocycles. The zero-order valence-corrected chi connectivity index (χ0v) is 5.93. The van der Waals surface area contributed by atoms with Crippen LogP contribution in [0.4, 0.5) is 13.2 Å². The average molecular weight is 187 g/mol. The maximum Gasteiger partial charge on any atom is 0.471 e. The molecule has 1 atom stereocenters. The van der Waals surface area contributed by atoms with Crippen molar-refractivity contribution in [2.24, 2.45) is 0 Å². The molecule has 1 unspecified atom stereocenters. The first-order chi connectivity index (χ1) is 5.38. The van der Waals surface area contributed by atoms with Gasteiger partial charge in [-0.05, 0) is 0 Å². The summed E-state index contributed by atoms with van der Waals surface area (Å²) in [5.74, 6) is -2.13. The number of amides is 1. The summed E-state index contributed by atoms with van der Waals surface area (Å²) in [7, 11) is 0. The van der Waals surface area contributed by atoms with Gasteiger partial charge in [0, 0.05) is 6.54 Å². The molecular formula is C5H8F3NO3. The molecule has 7 heteroatoms. The summed E-state index contributed by atoms with van der Waals surface area (Å²) in [5, 5.41) is 18.1. The predicted octanol–water partition coefficient (Wildman–Crippen LogP) is -0.982. The van der Waals surface area contributed by atoms with Crippen molar-refractivity contribution in [3.05, 3.63) is 0 Å². The van der Waals surface area contributed by atoms with Crippen LogP contribution in [-0.4, -0.2) is 41.6 Å². The zero-order valence-electron chi connectivity index (χ0n) is 5.93. The second-order valence-corrected chi connectivity index (χ2v) is 2.04. The number of halogens is 3. The molecule has 0 aliphatic carbocycles. The number of hydrogen-bond donors (Lipinski definition) is 3. The van der Waals surface area contributed by atoms with Gasteiger partial charge in [0.05, 0.1) is 12.7 Å². The van der Waals surface area contributed by atoms with Crippen molar-refractivity contribution in [2.45, 2.75) is 12.3 Å². The van der Waals surface area contributed by atoms with E-state index in [2.05, 4.69) is 0 Å². The zero-order chi connectivity index (χ0) is 9.78. The number of aliphatic hydroxyl groups excluding tert-OH is 2. The van der Waals surface area contributed by atoms with Gasteiger partial charge < -0.3 is 15.5 Å². The molecule has 4 nitrogen and oxygen atoms in total. The van der Waals surface area contributed by atoms with E-state index in [1.165, 1.54) is 5.32 Å². The van der Waals surface area contributed by atoms with E-state index < -0.39 is 31.3 Å². The average Bonchev–Trinajstić information content (AvgIpc) is 1.97. The van der Waals surface area contributed by atoms with E-state index in [9.17, 15) is 18.0 Å². The number of hydrogen-bond acceptors (Lipinski definition) is 3. The minimum atomic E-state index is -4.95. The number of carbonyl (C=O) groups is 1. The lowest BCUT2D eigenvalue weighted by Crippen LogP contribution is -2.41. The topological polar surface area (TPSA) is 69.6 Å². The van der Waals surface area contributed by atoms with Crippen LogP contribution >= 0.6 is 0 Å². The molecule has 12 heavy (non-hydrogen) atoms. The molecule has 0 radical (unpaired) electrons. The molecule has 0 aromatic heterocycles. The van der Waals surface area contributed by atoms with Crippen LogP contribution in [0.15, 0.2) is 0 Å². The Morgan fingerprint density at radius 1 is 1.50 bits per heavy atom. The molecule has 0 spiro atoms. The summed E-state index contributed by atoms with van der Waals surface area (Å²) >= 11 is 0. The van der Waals surface area contributed by atoms with Gasteiger partial charge in [0.2, 0.25) is 0 Å². The van der Waals surface area contributed by atoms with Crippen molar-refractivity contribution in [1.82, 2.24) is 5.32 Å². The van der Waals surface area contributed by atoms with Crippen LogP contribution in [0, 0.1) is 0 Å². The van der Waals surface area contributed by atoms with E-state index in [4.69, 9.17) is 10.2 Å². The van der Waals surface area contributed by atoms with Crippen molar-refractivity contribution in [3.8, 4) is 0 Å². The highest BCUT2D eigenvalue weighted by Crippen LogP contribution is 2.13. The molecule has 0 aromatic rings. The standard InChI is InChI=1S/C5H8F3NO3/c6-5(7,8)4(12)9-1-3(11)2-10/h3,10-11H,1-2H2,(H,9,12).